The second-order valence-corrected chi connectivity index (χ2v) is 2.91. The van der Waals surface area contributed by atoms with Crippen molar-refractivity contribution in [3.05, 3.63) is 0 Å². The van der Waals surface area contributed by atoms with Crippen LogP contribution in [0.3, 0.4) is 0 Å². The molecule has 0 bridgehead atoms. The van der Waals surface area contributed by atoms with Crippen molar-refractivity contribution in [2.45, 2.75) is 0 Å². The van der Waals surface area contributed by atoms with E-state index >= 15 is 0 Å². The zero-order valence-electron chi connectivity index (χ0n) is 2.84. The Bertz CT molecular complexity index is 26.3. The first-order chi connectivity index (χ1) is 2.00. The molecule has 0 aliphatic heterocycles. The zero-order chi connectivity index (χ0) is 4.50. The van der Waals surface area contributed by atoms with Gasteiger partial charge in [0.2, 0.25) is 0 Å². The molecular weight excluding hydrogens is 131 g/mol. The van der Waals surface area contributed by atoms with E-state index in [-0.39, 0.29) is 37.7 Å². The van der Waals surface area contributed by atoms with Crippen LogP contribution < -0.4 is 0 Å². The standard InChI is InChI=1S/CH7O3P.Ca.2H/c1-5(2,3)4;;;/h2-5H,1H3;;;. The van der Waals surface area contributed by atoms with Crippen LogP contribution in [0.4, 0.5) is 0 Å². The molecule has 0 heterocycles. The number of hydrogen-bond acceptors (Lipinski definition) is 3. The van der Waals surface area contributed by atoms with Crippen LogP contribution in [-0.4, -0.2) is 59.1 Å². The Labute approximate surface area is 66.6 Å². The first kappa shape index (κ1) is 10.5. The summed E-state index contributed by atoms with van der Waals surface area (Å²) in [6.45, 7) is 0.993. The van der Waals surface area contributed by atoms with Crippen molar-refractivity contribution in [2.24, 2.45) is 0 Å². The fraction of sp³-hybridized carbons (Fsp3) is 1.00. The molecule has 0 aliphatic rings. The Morgan fingerprint density at radius 3 is 1.17 bits per heavy atom. The van der Waals surface area contributed by atoms with Gasteiger partial charge in [-0.15, -0.1) is 0 Å². The van der Waals surface area contributed by atoms with Crippen LogP contribution in [0, 0.1) is 0 Å². The van der Waals surface area contributed by atoms with Crippen LogP contribution in [0.2, 0.25) is 0 Å². The second kappa shape index (κ2) is 3.56. The molecule has 38 valence electrons. The van der Waals surface area contributed by atoms with E-state index in [1.54, 1.807) is 0 Å². The molecular formula is CH9CaO3P. The van der Waals surface area contributed by atoms with Gasteiger partial charge in [-0.2, -0.15) is 0 Å². The van der Waals surface area contributed by atoms with Gasteiger partial charge < -0.3 is 0 Å². The predicted molar refractivity (Wildman–Crippen MR) is 29.4 cm³/mol. The van der Waals surface area contributed by atoms with E-state index in [0.29, 0.717) is 0 Å². The quantitative estimate of drug-likeness (QED) is 0.274. The van der Waals surface area contributed by atoms with Gasteiger partial charge in [-0.05, 0) is 0 Å². The van der Waals surface area contributed by atoms with Crippen LogP contribution in [0.15, 0.2) is 0 Å². The first-order valence-corrected chi connectivity index (χ1v) is 3.51. The molecule has 3 N–H and O–H groups in total. The van der Waals surface area contributed by atoms with Gasteiger partial charge in [-0.1, -0.05) is 0 Å². The average molecular weight is 140 g/mol. The van der Waals surface area contributed by atoms with Gasteiger partial charge in [0.1, 0.15) is 0 Å². The summed E-state index contributed by atoms with van der Waals surface area (Å²) in [5, 5.41) is 0. The normalized spacial score (nSPS) is 12.7. The summed E-state index contributed by atoms with van der Waals surface area (Å²) in [7, 11) is -3.61. The van der Waals surface area contributed by atoms with Crippen molar-refractivity contribution in [1.29, 1.82) is 0 Å². The molecule has 0 aromatic heterocycles. The molecule has 0 atom stereocenters. The summed E-state index contributed by atoms with van der Waals surface area (Å²) < 4.78 is 0. The molecule has 3 nitrogen and oxygen atoms in total. The van der Waals surface area contributed by atoms with Gasteiger partial charge in [0.05, 0.1) is 0 Å². The molecule has 0 aromatic carbocycles. The molecule has 0 aromatic rings. The van der Waals surface area contributed by atoms with E-state index < -0.39 is 7.94 Å². The summed E-state index contributed by atoms with van der Waals surface area (Å²) in [6, 6.07) is 0. The van der Waals surface area contributed by atoms with Gasteiger partial charge >= 0.3 is 67.0 Å². The van der Waals surface area contributed by atoms with Crippen LogP contribution in [0.5, 0.6) is 0 Å². The zero-order valence-corrected chi connectivity index (χ0v) is 3.84. The molecule has 0 spiro atoms. The summed E-state index contributed by atoms with van der Waals surface area (Å²) in [5.41, 5.74) is 0. The molecule has 0 saturated heterocycles. The van der Waals surface area contributed by atoms with E-state index in [9.17, 15) is 0 Å². The van der Waals surface area contributed by atoms with Gasteiger partial charge in [0.15, 0.2) is 0 Å². The van der Waals surface area contributed by atoms with Crippen LogP contribution in [-0.2, 0) is 0 Å². The molecule has 0 amide bonds. The summed E-state index contributed by atoms with van der Waals surface area (Å²) in [6.07, 6.45) is 0. The molecule has 5 heteroatoms. The Morgan fingerprint density at radius 1 is 1.17 bits per heavy atom. The van der Waals surface area contributed by atoms with Gasteiger partial charge in [-0.25, -0.2) is 0 Å². The molecule has 0 aliphatic carbocycles. The third-order valence-corrected chi connectivity index (χ3v) is 0. The van der Waals surface area contributed by atoms with E-state index in [0.717, 1.165) is 6.66 Å². The summed E-state index contributed by atoms with van der Waals surface area (Å²) >= 11 is 0. The van der Waals surface area contributed by atoms with Crippen molar-refractivity contribution in [2.75, 3.05) is 6.66 Å². The Balaban J connectivity index is 0. The molecule has 0 fully saturated rings. The van der Waals surface area contributed by atoms with Gasteiger partial charge in [0, 0.05) is 0 Å². The molecule has 0 unspecified atom stereocenters. The maximum absolute atomic E-state index is 7.77. The van der Waals surface area contributed by atoms with E-state index in [4.69, 9.17) is 14.7 Å². The second-order valence-electron chi connectivity index (χ2n) is 0.971. The van der Waals surface area contributed by atoms with Gasteiger partial charge in [0.25, 0.3) is 0 Å². The first-order valence-electron chi connectivity index (χ1n) is 1.17. The fourth-order valence-corrected chi connectivity index (χ4v) is 0. The fourth-order valence-electron chi connectivity index (χ4n) is 0. The Kier molecular flexibility index (Phi) is 6.24. The van der Waals surface area contributed by atoms with Crippen molar-refractivity contribution in [3.8, 4) is 0 Å². The maximum atomic E-state index is 7.77. The molecule has 0 radical (unpaired) electrons. The Hall–Kier alpha value is 1.57. The minimum atomic E-state index is -3.61. The average Bonchev–Trinajstić information content (AvgIpc) is 0.722. The third-order valence-electron chi connectivity index (χ3n) is 0. The van der Waals surface area contributed by atoms with E-state index in [1.165, 1.54) is 0 Å². The van der Waals surface area contributed by atoms with Gasteiger partial charge in [-0.3, -0.25) is 0 Å². The van der Waals surface area contributed by atoms with Crippen molar-refractivity contribution < 1.29 is 14.7 Å². The monoisotopic (exact) mass is 140 g/mol. The molecule has 0 saturated carbocycles. The van der Waals surface area contributed by atoms with Crippen LogP contribution >= 0.6 is 7.94 Å². The number of rotatable bonds is 0. The predicted octanol–water partition coefficient (Wildman–Crippen LogP) is -1.83. The van der Waals surface area contributed by atoms with Crippen LogP contribution in [0.1, 0.15) is 0 Å². The molecule has 6 heavy (non-hydrogen) atoms. The van der Waals surface area contributed by atoms with E-state index in [1.807, 2.05) is 0 Å². The van der Waals surface area contributed by atoms with Crippen molar-refractivity contribution >= 4 is 45.7 Å². The van der Waals surface area contributed by atoms with Crippen LogP contribution in [0.25, 0.3) is 0 Å². The third kappa shape index (κ3) is 47.2. The van der Waals surface area contributed by atoms with Crippen molar-refractivity contribution in [3.63, 3.8) is 0 Å². The molecule has 0 rings (SSSR count). The number of hydrogen-bond donors (Lipinski definition) is 3. The van der Waals surface area contributed by atoms with Crippen molar-refractivity contribution in [1.82, 2.24) is 0 Å². The summed E-state index contributed by atoms with van der Waals surface area (Å²) in [5.74, 6) is 0. The SMILES string of the molecule is C[PH](O)(O)O.[CaH2]. The minimum absolute atomic E-state index is 0. The van der Waals surface area contributed by atoms with E-state index in [2.05, 4.69) is 0 Å². The topological polar surface area (TPSA) is 60.7 Å². The summed E-state index contributed by atoms with van der Waals surface area (Å²) in [4.78, 5) is 23.3. The Morgan fingerprint density at radius 2 is 1.17 bits per heavy atom.